The zero-order valence-electron chi connectivity index (χ0n) is 12.8. The van der Waals surface area contributed by atoms with Crippen LogP contribution in [0.2, 0.25) is 0 Å². The van der Waals surface area contributed by atoms with E-state index in [-0.39, 0.29) is 6.04 Å². The average molecular weight is 352 g/mol. The monoisotopic (exact) mass is 351 g/mol. The van der Waals surface area contributed by atoms with Crippen LogP contribution in [-0.2, 0) is 19.4 Å². The van der Waals surface area contributed by atoms with Crippen LogP contribution in [0.3, 0.4) is 0 Å². The molecule has 1 atom stereocenters. The van der Waals surface area contributed by atoms with Crippen LogP contribution in [0.15, 0.2) is 28.7 Å². The number of nitrogens with zero attached hydrogens (tertiary/aromatic N) is 2. The molecule has 2 aromatic rings. The van der Waals surface area contributed by atoms with Gasteiger partial charge in [-0.05, 0) is 53.9 Å². The van der Waals surface area contributed by atoms with Crippen LogP contribution in [0.5, 0.6) is 5.75 Å². The number of methoxy groups -OCH3 is 1. The van der Waals surface area contributed by atoms with Crippen molar-refractivity contribution in [3.05, 3.63) is 45.7 Å². The van der Waals surface area contributed by atoms with Gasteiger partial charge in [-0.1, -0.05) is 12.1 Å². The number of rotatable bonds is 6. The first-order valence-electron chi connectivity index (χ1n) is 7.15. The van der Waals surface area contributed by atoms with E-state index in [0.717, 1.165) is 35.3 Å². The largest absolute Gasteiger partial charge is 0.497 e. The second-order valence-electron chi connectivity index (χ2n) is 5.18. The number of aromatic nitrogens is 2. The van der Waals surface area contributed by atoms with Crippen LogP contribution in [0.1, 0.15) is 23.9 Å². The number of hydrogen-bond donors (Lipinski definition) is 1. The molecule has 114 valence electrons. The van der Waals surface area contributed by atoms with Crippen molar-refractivity contribution in [2.24, 2.45) is 5.73 Å². The zero-order chi connectivity index (χ0) is 15.4. The third kappa shape index (κ3) is 3.86. The smallest absolute Gasteiger partial charge is 0.118 e. The lowest BCUT2D eigenvalue weighted by atomic mass is 10.0. The van der Waals surface area contributed by atoms with Crippen molar-refractivity contribution in [2.75, 3.05) is 7.11 Å². The Kier molecular flexibility index (Phi) is 5.42. The van der Waals surface area contributed by atoms with E-state index in [4.69, 9.17) is 10.5 Å². The minimum Gasteiger partial charge on any atom is -0.497 e. The van der Waals surface area contributed by atoms with E-state index >= 15 is 0 Å². The van der Waals surface area contributed by atoms with Crippen molar-refractivity contribution < 1.29 is 4.74 Å². The van der Waals surface area contributed by atoms with Crippen molar-refractivity contribution in [3.8, 4) is 5.75 Å². The zero-order valence-corrected chi connectivity index (χ0v) is 14.4. The molecule has 0 radical (unpaired) electrons. The summed E-state index contributed by atoms with van der Waals surface area (Å²) >= 11 is 3.62. The van der Waals surface area contributed by atoms with Crippen LogP contribution in [0, 0.1) is 6.92 Å². The van der Waals surface area contributed by atoms with Gasteiger partial charge in [-0.25, -0.2) is 0 Å². The lowest BCUT2D eigenvalue weighted by Gasteiger charge is -2.13. The summed E-state index contributed by atoms with van der Waals surface area (Å²) in [5.74, 6) is 0.870. The van der Waals surface area contributed by atoms with Gasteiger partial charge in [-0.15, -0.1) is 0 Å². The summed E-state index contributed by atoms with van der Waals surface area (Å²) in [5.41, 5.74) is 9.73. The molecule has 0 spiro atoms. The molecule has 2 rings (SSSR count). The maximum atomic E-state index is 6.32. The van der Waals surface area contributed by atoms with Crippen LogP contribution in [0.25, 0.3) is 0 Å². The van der Waals surface area contributed by atoms with E-state index in [0.29, 0.717) is 0 Å². The van der Waals surface area contributed by atoms with Crippen LogP contribution in [-0.4, -0.2) is 22.9 Å². The Bertz CT molecular complexity index is 592. The Morgan fingerprint density at radius 3 is 2.52 bits per heavy atom. The van der Waals surface area contributed by atoms with Crippen LogP contribution < -0.4 is 10.5 Å². The van der Waals surface area contributed by atoms with Gasteiger partial charge in [0.25, 0.3) is 0 Å². The molecule has 4 nitrogen and oxygen atoms in total. The first-order valence-corrected chi connectivity index (χ1v) is 7.94. The molecule has 2 N–H and O–H groups in total. The third-order valence-corrected chi connectivity index (χ3v) is 4.60. The third-order valence-electron chi connectivity index (χ3n) is 3.57. The molecule has 0 saturated heterocycles. The molecule has 0 aliphatic heterocycles. The van der Waals surface area contributed by atoms with Gasteiger partial charge in [0.05, 0.1) is 23.0 Å². The standard InChI is InChI=1S/C16H22BrN3O/c1-4-20-15(16(17)11(2)19-20)10-13(18)9-12-5-7-14(21-3)8-6-12/h5-8,13H,4,9-10,18H2,1-3H3. The molecule has 1 unspecified atom stereocenters. The van der Waals surface area contributed by atoms with Crippen molar-refractivity contribution in [1.29, 1.82) is 0 Å². The number of hydrogen-bond acceptors (Lipinski definition) is 3. The van der Waals surface area contributed by atoms with E-state index in [2.05, 4.69) is 40.1 Å². The number of nitrogens with two attached hydrogens (primary N) is 1. The van der Waals surface area contributed by atoms with Gasteiger partial charge in [-0.3, -0.25) is 4.68 Å². The second kappa shape index (κ2) is 7.09. The molecule has 0 saturated carbocycles. The summed E-state index contributed by atoms with van der Waals surface area (Å²) in [5, 5.41) is 4.51. The highest BCUT2D eigenvalue weighted by Crippen LogP contribution is 2.23. The van der Waals surface area contributed by atoms with Gasteiger partial charge in [0, 0.05) is 19.0 Å². The van der Waals surface area contributed by atoms with Crippen molar-refractivity contribution in [2.45, 2.75) is 39.3 Å². The van der Waals surface area contributed by atoms with E-state index in [1.165, 1.54) is 11.3 Å². The van der Waals surface area contributed by atoms with Gasteiger partial charge in [0.15, 0.2) is 0 Å². The first-order chi connectivity index (χ1) is 10.0. The molecule has 21 heavy (non-hydrogen) atoms. The topological polar surface area (TPSA) is 53.1 Å². The minimum atomic E-state index is 0.0658. The maximum absolute atomic E-state index is 6.32. The number of aryl methyl sites for hydroxylation is 2. The molecule has 0 bridgehead atoms. The molecule has 5 heteroatoms. The summed E-state index contributed by atoms with van der Waals surface area (Å²) in [7, 11) is 1.67. The molecule has 1 aromatic heterocycles. The van der Waals surface area contributed by atoms with Crippen LogP contribution >= 0.6 is 15.9 Å². The molecule has 1 aromatic carbocycles. The fraction of sp³-hybridized carbons (Fsp3) is 0.438. The predicted octanol–water partition coefficient (Wildman–Crippen LogP) is 3.10. The Morgan fingerprint density at radius 1 is 1.29 bits per heavy atom. The molecular formula is C16H22BrN3O. The fourth-order valence-corrected chi connectivity index (χ4v) is 2.89. The highest BCUT2D eigenvalue weighted by atomic mass is 79.9. The van der Waals surface area contributed by atoms with Crippen molar-refractivity contribution in [3.63, 3.8) is 0 Å². The number of halogens is 1. The van der Waals surface area contributed by atoms with E-state index in [9.17, 15) is 0 Å². The molecule has 1 heterocycles. The van der Waals surface area contributed by atoms with E-state index in [1.807, 2.05) is 23.7 Å². The summed E-state index contributed by atoms with van der Waals surface area (Å²) in [6.45, 7) is 4.96. The van der Waals surface area contributed by atoms with Gasteiger partial charge < -0.3 is 10.5 Å². The summed E-state index contributed by atoms with van der Waals surface area (Å²) in [4.78, 5) is 0. The normalized spacial score (nSPS) is 12.4. The van der Waals surface area contributed by atoms with Gasteiger partial charge >= 0.3 is 0 Å². The average Bonchev–Trinajstić information content (AvgIpc) is 2.75. The van der Waals surface area contributed by atoms with Gasteiger partial charge in [0.2, 0.25) is 0 Å². The quantitative estimate of drug-likeness (QED) is 0.869. The Labute approximate surface area is 134 Å². The van der Waals surface area contributed by atoms with Crippen molar-refractivity contribution in [1.82, 2.24) is 9.78 Å². The summed E-state index contributed by atoms with van der Waals surface area (Å²) in [6.07, 6.45) is 1.64. The fourth-order valence-electron chi connectivity index (χ4n) is 2.45. The molecule has 0 fully saturated rings. The highest BCUT2D eigenvalue weighted by molar-refractivity contribution is 9.10. The predicted molar refractivity (Wildman–Crippen MR) is 88.7 cm³/mol. The van der Waals surface area contributed by atoms with Gasteiger partial charge in [-0.2, -0.15) is 5.10 Å². The van der Waals surface area contributed by atoms with Crippen LogP contribution in [0.4, 0.5) is 0 Å². The van der Waals surface area contributed by atoms with Gasteiger partial charge in [0.1, 0.15) is 5.75 Å². The Morgan fingerprint density at radius 2 is 1.95 bits per heavy atom. The SMILES string of the molecule is CCn1nc(C)c(Br)c1CC(N)Cc1ccc(OC)cc1. The second-order valence-corrected chi connectivity index (χ2v) is 5.97. The molecule has 0 amide bonds. The van der Waals surface area contributed by atoms with E-state index < -0.39 is 0 Å². The maximum Gasteiger partial charge on any atom is 0.118 e. The summed E-state index contributed by atoms with van der Waals surface area (Å²) < 4.78 is 8.27. The Hall–Kier alpha value is -1.33. The van der Waals surface area contributed by atoms with Crippen molar-refractivity contribution >= 4 is 15.9 Å². The number of ether oxygens (including phenoxy) is 1. The molecular weight excluding hydrogens is 330 g/mol. The lowest BCUT2D eigenvalue weighted by Crippen LogP contribution is -2.27. The minimum absolute atomic E-state index is 0.0658. The number of benzene rings is 1. The lowest BCUT2D eigenvalue weighted by molar-refractivity contribution is 0.414. The van der Waals surface area contributed by atoms with E-state index in [1.54, 1.807) is 7.11 Å². The summed E-state index contributed by atoms with van der Waals surface area (Å²) in [6, 6.07) is 8.14. The first kappa shape index (κ1) is 16.0. The molecule has 0 aliphatic rings. The Balaban J connectivity index is 2.05. The molecule has 0 aliphatic carbocycles. The highest BCUT2D eigenvalue weighted by Gasteiger charge is 2.15.